The Hall–Kier alpha value is -1.61. The van der Waals surface area contributed by atoms with Crippen LogP contribution in [0, 0.1) is 0 Å². The monoisotopic (exact) mass is 302 g/mol. The lowest BCUT2D eigenvalue weighted by Gasteiger charge is -2.08. The van der Waals surface area contributed by atoms with Crippen molar-refractivity contribution in [3.63, 3.8) is 0 Å². The van der Waals surface area contributed by atoms with E-state index in [1.54, 1.807) is 11.8 Å². The maximum Gasteiger partial charge on any atom is 0.120 e. The number of rotatable bonds is 8. The van der Waals surface area contributed by atoms with Crippen molar-refractivity contribution >= 4 is 11.8 Å². The van der Waals surface area contributed by atoms with Crippen LogP contribution in [-0.2, 0) is 0 Å². The second kappa shape index (κ2) is 8.63. The molecule has 0 spiro atoms. The molecular formula is C18H22O2S. The van der Waals surface area contributed by atoms with Crippen LogP contribution in [0.25, 0.3) is 0 Å². The van der Waals surface area contributed by atoms with Crippen LogP contribution >= 0.6 is 11.8 Å². The first-order valence-electron chi connectivity index (χ1n) is 7.45. The van der Waals surface area contributed by atoms with Crippen LogP contribution in [-0.4, -0.2) is 13.2 Å². The molecule has 0 aliphatic carbocycles. The Kier molecular flexibility index (Phi) is 6.48. The molecule has 0 radical (unpaired) electrons. The molecule has 2 aromatic rings. The van der Waals surface area contributed by atoms with Gasteiger partial charge in [-0.15, -0.1) is 0 Å². The van der Waals surface area contributed by atoms with Crippen LogP contribution in [0.5, 0.6) is 11.5 Å². The largest absolute Gasteiger partial charge is 0.494 e. The van der Waals surface area contributed by atoms with Crippen molar-refractivity contribution in [3.05, 3.63) is 48.5 Å². The van der Waals surface area contributed by atoms with Crippen molar-refractivity contribution in [1.29, 1.82) is 0 Å². The molecule has 112 valence electrons. The molecule has 2 nitrogen and oxygen atoms in total. The van der Waals surface area contributed by atoms with Gasteiger partial charge in [-0.05, 0) is 49.2 Å². The average molecular weight is 302 g/mol. The zero-order valence-electron chi connectivity index (χ0n) is 12.7. The lowest BCUT2D eigenvalue weighted by Crippen LogP contribution is -1.95. The van der Waals surface area contributed by atoms with E-state index >= 15 is 0 Å². The molecule has 0 aliphatic heterocycles. The highest BCUT2D eigenvalue weighted by Crippen LogP contribution is 2.32. The van der Waals surface area contributed by atoms with Crippen LogP contribution in [0.3, 0.4) is 0 Å². The van der Waals surface area contributed by atoms with E-state index in [4.69, 9.17) is 9.47 Å². The molecule has 0 saturated carbocycles. The highest BCUT2D eigenvalue weighted by atomic mass is 32.2. The molecular weight excluding hydrogens is 280 g/mol. The van der Waals surface area contributed by atoms with Gasteiger partial charge in [0.15, 0.2) is 0 Å². The molecule has 2 rings (SSSR count). The van der Waals surface area contributed by atoms with Gasteiger partial charge in [0.25, 0.3) is 0 Å². The van der Waals surface area contributed by atoms with Gasteiger partial charge >= 0.3 is 0 Å². The number of ether oxygens (including phenoxy) is 2. The quantitative estimate of drug-likeness (QED) is 0.649. The van der Waals surface area contributed by atoms with E-state index in [1.807, 2.05) is 24.3 Å². The van der Waals surface area contributed by atoms with Crippen LogP contribution in [0.1, 0.15) is 26.7 Å². The minimum absolute atomic E-state index is 0.758. The molecule has 3 heteroatoms. The highest BCUT2D eigenvalue weighted by molar-refractivity contribution is 7.99. The Labute approximate surface area is 131 Å². The topological polar surface area (TPSA) is 18.5 Å². The normalized spacial score (nSPS) is 10.4. The molecule has 0 unspecified atom stereocenters. The van der Waals surface area contributed by atoms with Crippen molar-refractivity contribution in [3.8, 4) is 11.5 Å². The van der Waals surface area contributed by atoms with Crippen molar-refractivity contribution in [2.45, 2.75) is 36.5 Å². The van der Waals surface area contributed by atoms with E-state index in [2.05, 4.69) is 38.1 Å². The molecule has 0 heterocycles. The summed E-state index contributed by atoms with van der Waals surface area (Å²) < 4.78 is 11.3. The van der Waals surface area contributed by atoms with Gasteiger partial charge in [-0.25, -0.2) is 0 Å². The average Bonchev–Trinajstić information content (AvgIpc) is 2.52. The standard InChI is InChI=1S/C18H22O2S/c1-3-11-19-15-7-5-9-17(13-15)21-18-10-6-8-16(14-18)20-12-4-2/h5-10,13-14H,3-4,11-12H2,1-2H3. The van der Waals surface area contributed by atoms with Crippen molar-refractivity contribution in [1.82, 2.24) is 0 Å². The molecule has 0 saturated heterocycles. The second-order valence-corrected chi connectivity index (χ2v) is 5.90. The van der Waals surface area contributed by atoms with E-state index in [0.717, 1.165) is 37.6 Å². The molecule has 21 heavy (non-hydrogen) atoms. The zero-order chi connectivity index (χ0) is 14.9. The van der Waals surface area contributed by atoms with Crippen molar-refractivity contribution < 1.29 is 9.47 Å². The van der Waals surface area contributed by atoms with E-state index < -0.39 is 0 Å². The molecule has 0 fully saturated rings. The SMILES string of the molecule is CCCOc1cccc(Sc2cccc(OCCC)c2)c1. The van der Waals surface area contributed by atoms with Crippen LogP contribution in [0.4, 0.5) is 0 Å². The third-order valence-electron chi connectivity index (χ3n) is 2.79. The van der Waals surface area contributed by atoms with E-state index in [9.17, 15) is 0 Å². The van der Waals surface area contributed by atoms with Gasteiger partial charge in [0.05, 0.1) is 13.2 Å². The van der Waals surface area contributed by atoms with E-state index in [-0.39, 0.29) is 0 Å². The second-order valence-electron chi connectivity index (χ2n) is 4.75. The van der Waals surface area contributed by atoms with Gasteiger partial charge in [0.2, 0.25) is 0 Å². The number of hydrogen-bond acceptors (Lipinski definition) is 3. The molecule has 2 aromatic carbocycles. The molecule has 0 atom stereocenters. The third kappa shape index (κ3) is 5.35. The van der Waals surface area contributed by atoms with Gasteiger partial charge in [-0.3, -0.25) is 0 Å². The summed E-state index contributed by atoms with van der Waals surface area (Å²) in [6.45, 7) is 5.74. The molecule has 0 amide bonds. The fraction of sp³-hybridized carbons (Fsp3) is 0.333. The summed E-state index contributed by atoms with van der Waals surface area (Å²) in [5, 5.41) is 0. The summed E-state index contributed by atoms with van der Waals surface area (Å²) in [4.78, 5) is 2.35. The van der Waals surface area contributed by atoms with Gasteiger partial charge in [-0.1, -0.05) is 37.7 Å². The summed E-state index contributed by atoms with van der Waals surface area (Å²) in [6, 6.07) is 16.4. The predicted molar refractivity (Wildman–Crippen MR) is 88.6 cm³/mol. The van der Waals surface area contributed by atoms with Gasteiger partial charge in [-0.2, -0.15) is 0 Å². The van der Waals surface area contributed by atoms with E-state index in [0.29, 0.717) is 0 Å². The smallest absolute Gasteiger partial charge is 0.120 e. The Morgan fingerprint density at radius 3 is 1.67 bits per heavy atom. The van der Waals surface area contributed by atoms with Crippen molar-refractivity contribution in [2.24, 2.45) is 0 Å². The third-order valence-corrected chi connectivity index (χ3v) is 3.77. The first-order valence-corrected chi connectivity index (χ1v) is 8.27. The van der Waals surface area contributed by atoms with Crippen LogP contribution in [0.15, 0.2) is 58.3 Å². The maximum absolute atomic E-state index is 5.67. The minimum Gasteiger partial charge on any atom is -0.494 e. The predicted octanol–water partition coefficient (Wildman–Crippen LogP) is 5.42. The first kappa shape index (κ1) is 15.8. The maximum atomic E-state index is 5.67. The van der Waals surface area contributed by atoms with Crippen LogP contribution in [0.2, 0.25) is 0 Å². The lowest BCUT2D eigenvalue weighted by atomic mass is 10.3. The lowest BCUT2D eigenvalue weighted by molar-refractivity contribution is 0.316. The van der Waals surface area contributed by atoms with Crippen molar-refractivity contribution in [2.75, 3.05) is 13.2 Å². The molecule has 0 aromatic heterocycles. The Balaban J connectivity index is 2.03. The Morgan fingerprint density at radius 2 is 1.24 bits per heavy atom. The summed E-state index contributed by atoms with van der Waals surface area (Å²) in [5.41, 5.74) is 0. The summed E-state index contributed by atoms with van der Waals surface area (Å²) in [6.07, 6.45) is 2.04. The first-order chi connectivity index (χ1) is 10.3. The van der Waals surface area contributed by atoms with Gasteiger partial charge < -0.3 is 9.47 Å². The fourth-order valence-corrected chi connectivity index (χ4v) is 2.75. The van der Waals surface area contributed by atoms with Crippen LogP contribution < -0.4 is 9.47 Å². The molecule has 0 bridgehead atoms. The summed E-state index contributed by atoms with van der Waals surface area (Å²) >= 11 is 1.72. The Bertz CT molecular complexity index is 505. The summed E-state index contributed by atoms with van der Waals surface area (Å²) in [5.74, 6) is 1.86. The molecule has 0 aliphatic rings. The minimum atomic E-state index is 0.758. The summed E-state index contributed by atoms with van der Waals surface area (Å²) in [7, 11) is 0. The number of hydrogen-bond donors (Lipinski definition) is 0. The fourth-order valence-electron chi connectivity index (χ4n) is 1.83. The van der Waals surface area contributed by atoms with E-state index in [1.165, 1.54) is 9.79 Å². The Morgan fingerprint density at radius 1 is 0.762 bits per heavy atom. The highest BCUT2D eigenvalue weighted by Gasteiger charge is 2.02. The molecule has 0 N–H and O–H groups in total. The van der Waals surface area contributed by atoms with Gasteiger partial charge in [0.1, 0.15) is 11.5 Å². The number of benzene rings is 2. The zero-order valence-corrected chi connectivity index (χ0v) is 13.5. The van der Waals surface area contributed by atoms with Gasteiger partial charge in [0, 0.05) is 9.79 Å².